The number of rotatable bonds is 1. The highest BCUT2D eigenvalue weighted by atomic mass is 15.5. The second-order valence-electron chi connectivity index (χ2n) is 2.83. The zero-order valence-corrected chi connectivity index (χ0v) is 7.47. The monoisotopic (exact) mass is 178 g/mol. The van der Waals surface area contributed by atoms with Crippen LogP contribution >= 0.6 is 0 Å². The molecule has 0 spiro atoms. The highest BCUT2D eigenvalue weighted by Gasteiger charge is 2.05. The molecule has 2 rings (SSSR count). The Morgan fingerprint density at radius 1 is 1.38 bits per heavy atom. The number of anilines is 1. The van der Waals surface area contributed by atoms with Gasteiger partial charge in [-0.05, 0) is 6.92 Å². The molecule has 68 valence electrons. The molecule has 0 aromatic carbocycles. The van der Waals surface area contributed by atoms with E-state index in [9.17, 15) is 0 Å². The van der Waals surface area contributed by atoms with Crippen LogP contribution in [0.2, 0.25) is 0 Å². The standard InChI is InChI=1S/C7H10N6/c1-5-3-7(11-12(5)2)13-9-4-6(8)10-13/h3-4H,1-2H3,(H2,8,10). The Hall–Kier alpha value is -1.85. The molecule has 0 saturated heterocycles. The van der Waals surface area contributed by atoms with Gasteiger partial charge in [0.25, 0.3) is 0 Å². The van der Waals surface area contributed by atoms with Crippen LogP contribution in [0.1, 0.15) is 5.69 Å². The Balaban J connectivity index is 2.46. The summed E-state index contributed by atoms with van der Waals surface area (Å²) in [6.07, 6.45) is 1.49. The second kappa shape index (κ2) is 2.58. The number of nitrogens with two attached hydrogens (primary N) is 1. The molecule has 13 heavy (non-hydrogen) atoms. The van der Waals surface area contributed by atoms with E-state index in [1.165, 1.54) is 11.0 Å². The average Bonchev–Trinajstić information content (AvgIpc) is 2.61. The van der Waals surface area contributed by atoms with E-state index in [1.807, 2.05) is 20.0 Å². The molecule has 6 nitrogen and oxygen atoms in total. The van der Waals surface area contributed by atoms with Gasteiger partial charge in [-0.25, -0.2) is 0 Å². The van der Waals surface area contributed by atoms with E-state index in [1.54, 1.807) is 4.68 Å². The summed E-state index contributed by atoms with van der Waals surface area (Å²) in [6, 6.07) is 1.89. The van der Waals surface area contributed by atoms with Crippen LogP contribution in [-0.2, 0) is 7.05 Å². The predicted molar refractivity (Wildman–Crippen MR) is 47.3 cm³/mol. The Labute approximate surface area is 75.0 Å². The Kier molecular flexibility index (Phi) is 1.54. The summed E-state index contributed by atoms with van der Waals surface area (Å²) >= 11 is 0. The molecule has 0 fully saturated rings. The molecule has 2 aromatic heterocycles. The first-order chi connectivity index (χ1) is 6.16. The lowest BCUT2D eigenvalue weighted by Crippen LogP contribution is -2.01. The molecule has 0 atom stereocenters. The van der Waals surface area contributed by atoms with Crippen LogP contribution in [0.5, 0.6) is 0 Å². The molecule has 0 amide bonds. The summed E-state index contributed by atoms with van der Waals surface area (Å²) in [4.78, 5) is 1.41. The quantitative estimate of drug-likeness (QED) is 0.661. The number of aromatic nitrogens is 5. The maximum absolute atomic E-state index is 5.43. The van der Waals surface area contributed by atoms with Crippen molar-refractivity contribution in [3.8, 4) is 5.82 Å². The number of hydrogen-bond donors (Lipinski definition) is 1. The molecule has 2 N–H and O–H groups in total. The van der Waals surface area contributed by atoms with Crippen molar-refractivity contribution in [2.75, 3.05) is 5.73 Å². The van der Waals surface area contributed by atoms with Crippen LogP contribution in [0.25, 0.3) is 5.82 Å². The molecular formula is C7H10N6. The molecule has 2 heterocycles. The van der Waals surface area contributed by atoms with E-state index in [2.05, 4.69) is 15.3 Å². The highest BCUT2D eigenvalue weighted by molar-refractivity contribution is 5.26. The van der Waals surface area contributed by atoms with Gasteiger partial charge in [-0.15, -0.1) is 9.90 Å². The summed E-state index contributed by atoms with van der Waals surface area (Å²) < 4.78 is 1.76. The van der Waals surface area contributed by atoms with Crippen LogP contribution in [0.4, 0.5) is 5.82 Å². The van der Waals surface area contributed by atoms with Crippen molar-refractivity contribution in [2.24, 2.45) is 7.05 Å². The molecule has 6 heteroatoms. The zero-order valence-electron chi connectivity index (χ0n) is 7.47. The van der Waals surface area contributed by atoms with Crippen molar-refractivity contribution >= 4 is 5.82 Å². The fourth-order valence-electron chi connectivity index (χ4n) is 1.02. The van der Waals surface area contributed by atoms with E-state index >= 15 is 0 Å². The molecule has 0 saturated carbocycles. The van der Waals surface area contributed by atoms with Crippen LogP contribution in [0.3, 0.4) is 0 Å². The van der Waals surface area contributed by atoms with Crippen molar-refractivity contribution in [2.45, 2.75) is 6.92 Å². The van der Waals surface area contributed by atoms with E-state index in [4.69, 9.17) is 5.73 Å². The van der Waals surface area contributed by atoms with Gasteiger partial charge in [-0.2, -0.15) is 10.2 Å². The van der Waals surface area contributed by atoms with E-state index in [-0.39, 0.29) is 0 Å². The minimum Gasteiger partial charge on any atom is -0.381 e. The van der Waals surface area contributed by atoms with Gasteiger partial charge >= 0.3 is 0 Å². The lowest BCUT2D eigenvalue weighted by atomic mass is 10.5. The van der Waals surface area contributed by atoms with Crippen LogP contribution in [0, 0.1) is 6.92 Å². The Morgan fingerprint density at radius 3 is 2.62 bits per heavy atom. The fraction of sp³-hybridized carbons (Fsp3) is 0.286. The normalized spacial score (nSPS) is 10.6. The molecular weight excluding hydrogens is 168 g/mol. The van der Waals surface area contributed by atoms with E-state index in [0.717, 1.165) is 5.69 Å². The van der Waals surface area contributed by atoms with Crippen molar-refractivity contribution in [3.63, 3.8) is 0 Å². The largest absolute Gasteiger partial charge is 0.381 e. The number of aryl methyl sites for hydroxylation is 2. The molecule has 0 aliphatic heterocycles. The van der Waals surface area contributed by atoms with Crippen molar-refractivity contribution in [1.29, 1.82) is 0 Å². The average molecular weight is 178 g/mol. The topological polar surface area (TPSA) is 74.6 Å². The Bertz CT molecular complexity index is 406. The number of hydrogen-bond acceptors (Lipinski definition) is 4. The third-order valence-electron chi connectivity index (χ3n) is 1.82. The van der Waals surface area contributed by atoms with Crippen molar-refractivity contribution < 1.29 is 0 Å². The van der Waals surface area contributed by atoms with E-state index < -0.39 is 0 Å². The highest BCUT2D eigenvalue weighted by Crippen LogP contribution is 2.05. The second-order valence-corrected chi connectivity index (χ2v) is 2.83. The first kappa shape index (κ1) is 7.78. The van der Waals surface area contributed by atoms with Crippen molar-refractivity contribution in [1.82, 2.24) is 24.8 Å². The summed E-state index contributed by atoms with van der Waals surface area (Å²) in [5.74, 6) is 1.07. The van der Waals surface area contributed by atoms with Crippen LogP contribution < -0.4 is 5.73 Å². The van der Waals surface area contributed by atoms with Crippen LogP contribution in [0.15, 0.2) is 12.3 Å². The third kappa shape index (κ3) is 1.26. The summed E-state index contributed by atoms with van der Waals surface area (Å²) in [6.45, 7) is 1.96. The summed E-state index contributed by atoms with van der Waals surface area (Å²) in [5.41, 5.74) is 6.48. The van der Waals surface area contributed by atoms with Gasteiger partial charge in [0, 0.05) is 18.8 Å². The lowest BCUT2D eigenvalue weighted by molar-refractivity contribution is 0.678. The minimum atomic E-state index is 0.392. The third-order valence-corrected chi connectivity index (χ3v) is 1.82. The molecule has 0 aliphatic rings. The molecule has 0 unspecified atom stereocenters. The SMILES string of the molecule is Cc1cc(-n2ncc(N)n2)nn1C. The smallest absolute Gasteiger partial charge is 0.195 e. The predicted octanol–water partition coefficient (Wildman–Crippen LogP) is -0.109. The van der Waals surface area contributed by atoms with Gasteiger partial charge < -0.3 is 5.73 Å². The van der Waals surface area contributed by atoms with Gasteiger partial charge in [0.2, 0.25) is 0 Å². The van der Waals surface area contributed by atoms with Gasteiger partial charge in [-0.3, -0.25) is 4.68 Å². The van der Waals surface area contributed by atoms with Crippen molar-refractivity contribution in [3.05, 3.63) is 18.0 Å². The van der Waals surface area contributed by atoms with E-state index in [0.29, 0.717) is 11.6 Å². The summed E-state index contributed by atoms with van der Waals surface area (Å²) in [7, 11) is 1.87. The van der Waals surface area contributed by atoms with Gasteiger partial charge in [0.05, 0.1) is 6.20 Å². The first-order valence-electron chi connectivity index (χ1n) is 3.85. The molecule has 0 radical (unpaired) electrons. The maximum atomic E-state index is 5.43. The van der Waals surface area contributed by atoms with Gasteiger partial charge in [-0.1, -0.05) is 0 Å². The molecule has 0 bridgehead atoms. The zero-order chi connectivity index (χ0) is 9.42. The summed E-state index contributed by atoms with van der Waals surface area (Å²) in [5, 5.41) is 12.1. The number of nitrogens with zero attached hydrogens (tertiary/aromatic N) is 5. The first-order valence-corrected chi connectivity index (χ1v) is 3.85. The molecule has 0 aliphatic carbocycles. The maximum Gasteiger partial charge on any atom is 0.195 e. The fourth-order valence-corrected chi connectivity index (χ4v) is 1.02. The van der Waals surface area contributed by atoms with Crippen LogP contribution in [-0.4, -0.2) is 24.8 Å². The minimum absolute atomic E-state index is 0.392. The Morgan fingerprint density at radius 2 is 2.15 bits per heavy atom. The van der Waals surface area contributed by atoms with Gasteiger partial charge in [0.15, 0.2) is 11.6 Å². The molecule has 2 aromatic rings. The van der Waals surface area contributed by atoms with Gasteiger partial charge in [0.1, 0.15) is 0 Å². The lowest BCUT2D eigenvalue weighted by Gasteiger charge is -1.90. The number of nitrogen functional groups attached to an aromatic ring is 1.